The third-order valence-electron chi connectivity index (χ3n) is 3.33. The van der Waals surface area contributed by atoms with Crippen molar-refractivity contribution in [3.63, 3.8) is 0 Å². The highest BCUT2D eigenvalue weighted by Crippen LogP contribution is 2.29. The smallest absolute Gasteiger partial charge is 0.247 e. The van der Waals surface area contributed by atoms with Crippen LogP contribution in [-0.4, -0.2) is 30.1 Å². The van der Waals surface area contributed by atoms with E-state index in [0.717, 1.165) is 0 Å². The van der Waals surface area contributed by atoms with Gasteiger partial charge in [-0.2, -0.15) is 0 Å². The largest absolute Gasteiger partial charge is 0.504 e. The third-order valence-corrected chi connectivity index (χ3v) is 3.33. The second kappa shape index (κ2) is 5.40. The molecule has 1 aromatic carbocycles. The van der Waals surface area contributed by atoms with Gasteiger partial charge in [-0.3, -0.25) is 9.59 Å². The molecule has 1 fully saturated rings. The van der Waals surface area contributed by atoms with Crippen LogP contribution >= 0.6 is 0 Å². The predicted molar refractivity (Wildman–Crippen MR) is 72.3 cm³/mol. The number of aromatic hydroxyl groups is 1. The number of methoxy groups -OCH3 is 1. The molecule has 0 radical (unpaired) electrons. The van der Waals surface area contributed by atoms with Crippen molar-refractivity contribution in [2.24, 2.45) is 5.92 Å². The summed E-state index contributed by atoms with van der Waals surface area (Å²) in [6.07, 6.45) is 0. The Balaban J connectivity index is 2.24. The van der Waals surface area contributed by atoms with E-state index >= 15 is 0 Å². The molecule has 0 spiro atoms. The van der Waals surface area contributed by atoms with Gasteiger partial charge in [0, 0.05) is 0 Å². The fraction of sp³-hybridized carbons (Fsp3) is 0.429. The third kappa shape index (κ3) is 2.54. The Morgan fingerprint density at radius 1 is 1.20 bits per heavy atom. The molecule has 20 heavy (non-hydrogen) atoms. The van der Waals surface area contributed by atoms with E-state index in [4.69, 9.17) is 4.74 Å². The van der Waals surface area contributed by atoms with Gasteiger partial charge in [-0.15, -0.1) is 0 Å². The second-order valence-corrected chi connectivity index (χ2v) is 5.10. The first-order valence-corrected chi connectivity index (χ1v) is 6.41. The minimum Gasteiger partial charge on any atom is -0.504 e. The molecule has 1 aliphatic heterocycles. The van der Waals surface area contributed by atoms with Crippen LogP contribution in [0.1, 0.15) is 25.5 Å². The van der Waals surface area contributed by atoms with E-state index in [2.05, 4.69) is 10.6 Å². The molecule has 1 heterocycles. The van der Waals surface area contributed by atoms with E-state index in [1.54, 1.807) is 12.1 Å². The van der Waals surface area contributed by atoms with Crippen LogP contribution < -0.4 is 15.4 Å². The van der Waals surface area contributed by atoms with Crippen molar-refractivity contribution in [1.29, 1.82) is 0 Å². The zero-order chi connectivity index (χ0) is 14.9. The maximum atomic E-state index is 12.1. The number of carbonyl (C=O) groups excluding carboxylic acids is 2. The van der Waals surface area contributed by atoms with E-state index in [1.165, 1.54) is 13.2 Å². The summed E-state index contributed by atoms with van der Waals surface area (Å²) < 4.78 is 4.95. The fourth-order valence-electron chi connectivity index (χ4n) is 2.19. The van der Waals surface area contributed by atoms with Gasteiger partial charge in [0.2, 0.25) is 11.8 Å². The zero-order valence-electron chi connectivity index (χ0n) is 11.6. The number of piperazine rings is 1. The number of phenolic OH excluding ortho intramolecular Hbond substituents is 1. The van der Waals surface area contributed by atoms with Crippen LogP contribution in [0.15, 0.2) is 18.2 Å². The van der Waals surface area contributed by atoms with E-state index in [1.807, 2.05) is 13.8 Å². The van der Waals surface area contributed by atoms with Crippen molar-refractivity contribution in [3.05, 3.63) is 23.8 Å². The van der Waals surface area contributed by atoms with Gasteiger partial charge < -0.3 is 20.5 Å². The maximum absolute atomic E-state index is 12.1. The van der Waals surface area contributed by atoms with E-state index in [0.29, 0.717) is 11.3 Å². The summed E-state index contributed by atoms with van der Waals surface area (Å²) in [5.41, 5.74) is 0.511. The average Bonchev–Trinajstić information content (AvgIpc) is 2.40. The molecule has 1 saturated heterocycles. The van der Waals surface area contributed by atoms with Crippen LogP contribution in [-0.2, 0) is 9.59 Å². The quantitative estimate of drug-likeness (QED) is 0.760. The molecule has 6 nitrogen and oxygen atoms in total. The number of amides is 2. The van der Waals surface area contributed by atoms with Crippen molar-refractivity contribution in [2.45, 2.75) is 25.9 Å². The zero-order valence-corrected chi connectivity index (χ0v) is 11.6. The topological polar surface area (TPSA) is 87.7 Å². The number of phenols is 1. The molecule has 1 aliphatic rings. The molecular weight excluding hydrogens is 260 g/mol. The van der Waals surface area contributed by atoms with Crippen molar-refractivity contribution < 1.29 is 19.4 Å². The van der Waals surface area contributed by atoms with Crippen molar-refractivity contribution >= 4 is 11.8 Å². The number of ether oxygens (including phenoxy) is 1. The maximum Gasteiger partial charge on any atom is 0.247 e. The number of benzene rings is 1. The molecule has 6 heteroatoms. The standard InChI is InChI=1S/C14H18N2O4/c1-7(2)11-13(18)16-12(14(19)15-11)8-4-5-10(20-3)9(17)6-8/h4-7,11-12,17H,1-3H3,(H,15,19)(H,16,18). The first-order chi connectivity index (χ1) is 9.43. The minimum atomic E-state index is -0.797. The first-order valence-electron chi connectivity index (χ1n) is 6.41. The Morgan fingerprint density at radius 3 is 2.45 bits per heavy atom. The molecular formula is C14H18N2O4. The van der Waals surface area contributed by atoms with Gasteiger partial charge in [0.05, 0.1) is 7.11 Å². The molecule has 0 bridgehead atoms. The van der Waals surface area contributed by atoms with Crippen LogP contribution in [0.25, 0.3) is 0 Å². The molecule has 0 saturated carbocycles. The van der Waals surface area contributed by atoms with Crippen LogP contribution in [0.2, 0.25) is 0 Å². The van der Waals surface area contributed by atoms with Crippen LogP contribution in [0.4, 0.5) is 0 Å². The number of carbonyl (C=O) groups is 2. The van der Waals surface area contributed by atoms with Gasteiger partial charge in [0.15, 0.2) is 11.5 Å². The van der Waals surface area contributed by atoms with Crippen LogP contribution in [0.5, 0.6) is 11.5 Å². The Hall–Kier alpha value is -2.24. The summed E-state index contributed by atoms with van der Waals surface area (Å²) in [5.74, 6) is -0.244. The number of hydrogen-bond acceptors (Lipinski definition) is 4. The average molecular weight is 278 g/mol. The summed E-state index contributed by atoms with van der Waals surface area (Å²) >= 11 is 0. The highest BCUT2D eigenvalue weighted by Gasteiger charge is 2.36. The van der Waals surface area contributed by atoms with E-state index in [-0.39, 0.29) is 23.5 Å². The molecule has 0 aliphatic carbocycles. The Kier molecular flexibility index (Phi) is 3.83. The number of nitrogens with one attached hydrogen (secondary N) is 2. The van der Waals surface area contributed by atoms with Gasteiger partial charge in [-0.1, -0.05) is 19.9 Å². The normalized spacial score (nSPS) is 22.4. The monoisotopic (exact) mass is 278 g/mol. The van der Waals surface area contributed by atoms with Crippen LogP contribution in [0, 0.1) is 5.92 Å². The minimum absolute atomic E-state index is 0.0178. The Labute approximate surface area is 117 Å². The molecule has 3 N–H and O–H groups in total. The molecule has 2 unspecified atom stereocenters. The highest BCUT2D eigenvalue weighted by molar-refractivity contribution is 5.97. The molecule has 0 aromatic heterocycles. The van der Waals surface area contributed by atoms with Gasteiger partial charge in [-0.05, 0) is 23.6 Å². The van der Waals surface area contributed by atoms with Gasteiger partial charge >= 0.3 is 0 Å². The Bertz CT molecular complexity index is 542. The van der Waals surface area contributed by atoms with E-state index in [9.17, 15) is 14.7 Å². The molecule has 2 rings (SSSR count). The summed E-state index contributed by atoms with van der Waals surface area (Å²) in [6.45, 7) is 3.73. The molecule has 2 atom stereocenters. The SMILES string of the molecule is COc1ccc(C2NC(=O)C(C(C)C)NC2=O)cc1O. The lowest BCUT2D eigenvalue weighted by atomic mass is 9.96. The van der Waals surface area contributed by atoms with Crippen molar-refractivity contribution in [2.75, 3.05) is 7.11 Å². The Morgan fingerprint density at radius 2 is 1.90 bits per heavy atom. The lowest BCUT2D eigenvalue weighted by Crippen LogP contribution is -2.59. The lowest BCUT2D eigenvalue weighted by Gasteiger charge is -2.31. The van der Waals surface area contributed by atoms with Gasteiger partial charge in [0.25, 0.3) is 0 Å². The molecule has 108 valence electrons. The van der Waals surface area contributed by atoms with E-state index < -0.39 is 12.1 Å². The summed E-state index contributed by atoms with van der Waals surface area (Å²) in [6, 6.07) is 3.29. The van der Waals surface area contributed by atoms with Gasteiger partial charge in [-0.25, -0.2) is 0 Å². The second-order valence-electron chi connectivity index (χ2n) is 5.10. The molecule has 1 aromatic rings. The highest BCUT2D eigenvalue weighted by atomic mass is 16.5. The number of hydrogen-bond donors (Lipinski definition) is 3. The van der Waals surface area contributed by atoms with Crippen molar-refractivity contribution in [1.82, 2.24) is 10.6 Å². The number of rotatable bonds is 3. The summed E-state index contributed by atoms with van der Waals surface area (Å²) in [5, 5.41) is 15.1. The summed E-state index contributed by atoms with van der Waals surface area (Å²) in [7, 11) is 1.44. The lowest BCUT2D eigenvalue weighted by molar-refractivity contribution is -0.138. The first kappa shape index (κ1) is 14.2. The van der Waals surface area contributed by atoms with Crippen molar-refractivity contribution in [3.8, 4) is 11.5 Å². The summed E-state index contributed by atoms with van der Waals surface area (Å²) in [4.78, 5) is 24.0. The van der Waals surface area contributed by atoms with Gasteiger partial charge in [0.1, 0.15) is 12.1 Å². The fourth-order valence-corrected chi connectivity index (χ4v) is 2.19. The van der Waals surface area contributed by atoms with Crippen LogP contribution in [0.3, 0.4) is 0 Å². The predicted octanol–water partition coefficient (Wildman–Crippen LogP) is 0.712. The molecule has 2 amide bonds.